The fourth-order valence-corrected chi connectivity index (χ4v) is 1.92. The van der Waals surface area contributed by atoms with Crippen LogP contribution in [-0.4, -0.2) is 36.1 Å². The van der Waals surface area contributed by atoms with E-state index in [-0.39, 0.29) is 24.4 Å². The monoisotopic (exact) mass is 186 g/mol. The molecule has 13 heavy (non-hydrogen) atoms. The molecule has 2 aliphatic rings. The van der Waals surface area contributed by atoms with Gasteiger partial charge in [0.05, 0.1) is 6.54 Å². The molecule has 0 spiro atoms. The van der Waals surface area contributed by atoms with Crippen LogP contribution in [0, 0.1) is 5.92 Å². The molecule has 0 aromatic carbocycles. The van der Waals surface area contributed by atoms with E-state index < -0.39 is 6.17 Å². The maximum Gasteiger partial charge on any atom is 0.226 e. The topological polar surface area (TPSA) is 46.3 Å². The van der Waals surface area contributed by atoms with Crippen LogP contribution in [0.4, 0.5) is 4.39 Å². The fraction of sp³-hybridized carbons (Fsp3) is 0.889. The molecule has 1 saturated carbocycles. The largest absolute Gasteiger partial charge is 0.335 e. The molecular formula is C9H15FN2O. The molecule has 2 fully saturated rings. The number of rotatable bonds is 2. The second-order valence-electron chi connectivity index (χ2n) is 3.99. The van der Waals surface area contributed by atoms with Crippen LogP contribution in [0.5, 0.6) is 0 Å². The van der Waals surface area contributed by atoms with Crippen molar-refractivity contribution in [3.05, 3.63) is 0 Å². The van der Waals surface area contributed by atoms with Gasteiger partial charge in [0.2, 0.25) is 5.91 Å². The molecule has 1 aliphatic heterocycles. The molecule has 2 rings (SSSR count). The van der Waals surface area contributed by atoms with E-state index >= 15 is 0 Å². The van der Waals surface area contributed by atoms with E-state index in [0.29, 0.717) is 13.0 Å². The van der Waals surface area contributed by atoms with Gasteiger partial charge in [0.25, 0.3) is 0 Å². The smallest absolute Gasteiger partial charge is 0.226 e. The predicted octanol–water partition coefficient (Wildman–Crippen LogP) is 0.294. The first-order valence-corrected chi connectivity index (χ1v) is 4.87. The van der Waals surface area contributed by atoms with Crippen LogP contribution in [-0.2, 0) is 4.79 Å². The molecular weight excluding hydrogens is 171 g/mol. The Morgan fingerprint density at radius 1 is 1.54 bits per heavy atom. The highest BCUT2D eigenvalue weighted by Crippen LogP contribution is 2.33. The van der Waals surface area contributed by atoms with E-state index in [1.165, 1.54) is 0 Å². The first kappa shape index (κ1) is 8.94. The third-order valence-corrected chi connectivity index (χ3v) is 2.85. The van der Waals surface area contributed by atoms with Gasteiger partial charge in [-0.2, -0.15) is 0 Å². The van der Waals surface area contributed by atoms with E-state index in [1.807, 2.05) is 0 Å². The number of hydrogen-bond donors (Lipinski definition) is 1. The molecule has 0 aromatic rings. The molecule has 0 radical (unpaired) electrons. The van der Waals surface area contributed by atoms with Crippen LogP contribution in [0.3, 0.4) is 0 Å². The SMILES string of the molecule is NC[C@@H]1C[C@@H](F)CN1C(=O)C1CC1. The van der Waals surface area contributed by atoms with Crippen molar-refractivity contribution in [2.24, 2.45) is 11.7 Å². The van der Waals surface area contributed by atoms with Crippen molar-refractivity contribution in [3.63, 3.8) is 0 Å². The lowest BCUT2D eigenvalue weighted by Gasteiger charge is -2.22. The molecule has 1 saturated heterocycles. The van der Waals surface area contributed by atoms with Gasteiger partial charge in [0.15, 0.2) is 0 Å². The number of hydrogen-bond acceptors (Lipinski definition) is 2. The summed E-state index contributed by atoms with van der Waals surface area (Å²) in [5, 5.41) is 0. The van der Waals surface area contributed by atoms with Gasteiger partial charge in [-0.1, -0.05) is 0 Å². The summed E-state index contributed by atoms with van der Waals surface area (Å²) < 4.78 is 13.0. The van der Waals surface area contributed by atoms with Gasteiger partial charge >= 0.3 is 0 Å². The van der Waals surface area contributed by atoms with Crippen molar-refractivity contribution in [3.8, 4) is 0 Å². The molecule has 1 aliphatic carbocycles. The minimum absolute atomic E-state index is 0.0527. The molecule has 2 atom stereocenters. The Bertz CT molecular complexity index is 218. The Balaban J connectivity index is 1.99. The average molecular weight is 186 g/mol. The standard InChI is InChI=1S/C9H15FN2O/c10-7-3-8(4-11)12(5-7)9(13)6-1-2-6/h6-8H,1-5,11H2/t7-,8+/m1/s1. The summed E-state index contributed by atoms with van der Waals surface area (Å²) in [7, 11) is 0. The Labute approximate surface area is 77.1 Å². The lowest BCUT2D eigenvalue weighted by Crippen LogP contribution is -2.40. The number of amides is 1. The Morgan fingerprint density at radius 3 is 2.77 bits per heavy atom. The highest BCUT2D eigenvalue weighted by Gasteiger charge is 2.40. The maximum absolute atomic E-state index is 13.0. The summed E-state index contributed by atoms with van der Waals surface area (Å²) in [6, 6.07) is -0.0527. The van der Waals surface area contributed by atoms with E-state index in [2.05, 4.69) is 0 Å². The first-order chi connectivity index (χ1) is 6.22. The molecule has 1 amide bonds. The summed E-state index contributed by atoms with van der Waals surface area (Å²) in [4.78, 5) is 13.3. The number of likely N-dealkylation sites (tertiary alicyclic amines) is 1. The summed E-state index contributed by atoms with van der Waals surface area (Å²) in [5.74, 6) is 0.301. The predicted molar refractivity (Wildman–Crippen MR) is 46.8 cm³/mol. The summed E-state index contributed by atoms with van der Waals surface area (Å²) in [6.45, 7) is 0.649. The second kappa shape index (κ2) is 3.25. The van der Waals surface area contributed by atoms with E-state index in [4.69, 9.17) is 5.73 Å². The van der Waals surface area contributed by atoms with Crippen LogP contribution < -0.4 is 5.73 Å². The molecule has 4 heteroatoms. The van der Waals surface area contributed by atoms with Gasteiger partial charge < -0.3 is 10.6 Å². The van der Waals surface area contributed by atoms with E-state index in [1.54, 1.807) is 4.90 Å². The van der Waals surface area contributed by atoms with Crippen LogP contribution in [0.1, 0.15) is 19.3 Å². The zero-order chi connectivity index (χ0) is 9.42. The van der Waals surface area contributed by atoms with Gasteiger partial charge in [-0.15, -0.1) is 0 Å². The molecule has 0 unspecified atom stereocenters. The molecule has 3 nitrogen and oxygen atoms in total. The number of nitrogens with two attached hydrogens (primary N) is 1. The molecule has 74 valence electrons. The van der Waals surface area contributed by atoms with Gasteiger partial charge in [-0.25, -0.2) is 4.39 Å². The number of carbonyl (C=O) groups excluding carboxylic acids is 1. The maximum atomic E-state index is 13.0. The van der Waals surface area contributed by atoms with E-state index in [9.17, 15) is 9.18 Å². The van der Waals surface area contributed by atoms with Crippen molar-refractivity contribution in [1.29, 1.82) is 0 Å². The minimum atomic E-state index is -0.865. The Hall–Kier alpha value is -0.640. The van der Waals surface area contributed by atoms with Crippen LogP contribution in [0.15, 0.2) is 0 Å². The number of nitrogens with zero attached hydrogens (tertiary/aromatic N) is 1. The molecule has 1 heterocycles. The van der Waals surface area contributed by atoms with Crippen molar-refractivity contribution in [1.82, 2.24) is 4.90 Å². The first-order valence-electron chi connectivity index (χ1n) is 4.87. The highest BCUT2D eigenvalue weighted by molar-refractivity contribution is 5.81. The Morgan fingerprint density at radius 2 is 2.23 bits per heavy atom. The van der Waals surface area contributed by atoms with Gasteiger partial charge in [-0.3, -0.25) is 4.79 Å². The van der Waals surface area contributed by atoms with Crippen LogP contribution >= 0.6 is 0 Å². The highest BCUT2D eigenvalue weighted by atomic mass is 19.1. The third-order valence-electron chi connectivity index (χ3n) is 2.85. The van der Waals surface area contributed by atoms with Crippen LogP contribution in [0.25, 0.3) is 0 Å². The number of halogens is 1. The van der Waals surface area contributed by atoms with Gasteiger partial charge in [0.1, 0.15) is 6.17 Å². The zero-order valence-corrected chi connectivity index (χ0v) is 7.58. The second-order valence-corrected chi connectivity index (χ2v) is 3.99. The summed E-state index contributed by atoms with van der Waals surface area (Å²) in [6.07, 6.45) is 1.51. The zero-order valence-electron chi connectivity index (χ0n) is 7.58. The van der Waals surface area contributed by atoms with Crippen molar-refractivity contribution in [2.75, 3.05) is 13.1 Å². The van der Waals surface area contributed by atoms with Gasteiger partial charge in [-0.05, 0) is 12.8 Å². The molecule has 0 bridgehead atoms. The number of carbonyl (C=O) groups is 1. The van der Waals surface area contributed by atoms with E-state index in [0.717, 1.165) is 12.8 Å². The average Bonchev–Trinajstić information content (AvgIpc) is 2.88. The minimum Gasteiger partial charge on any atom is -0.335 e. The lowest BCUT2D eigenvalue weighted by molar-refractivity contribution is -0.133. The van der Waals surface area contributed by atoms with Crippen molar-refractivity contribution in [2.45, 2.75) is 31.5 Å². The summed E-state index contributed by atoms with van der Waals surface area (Å²) in [5.41, 5.74) is 5.48. The normalized spacial score (nSPS) is 33.8. The fourth-order valence-electron chi connectivity index (χ4n) is 1.92. The molecule has 2 N–H and O–H groups in total. The van der Waals surface area contributed by atoms with Gasteiger partial charge in [0, 0.05) is 24.9 Å². The van der Waals surface area contributed by atoms with Crippen molar-refractivity contribution < 1.29 is 9.18 Å². The number of alkyl halides is 1. The van der Waals surface area contributed by atoms with Crippen LogP contribution in [0.2, 0.25) is 0 Å². The lowest BCUT2D eigenvalue weighted by atomic mass is 10.2. The van der Waals surface area contributed by atoms with Crippen molar-refractivity contribution >= 4 is 5.91 Å². The summed E-state index contributed by atoms with van der Waals surface area (Å²) >= 11 is 0. The molecule has 0 aromatic heterocycles. The Kier molecular flexibility index (Phi) is 2.24. The quantitative estimate of drug-likeness (QED) is 0.674. The third kappa shape index (κ3) is 1.68.